The molecule has 0 radical (unpaired) electrons. The molecular weight excluding hydrogens is 362 g/mol. The second kappa shape index (κ2) is 9.27. The van der Waals surface area contributed by atoms with Gasteiger partial charge < -0.3 is 14.8 Å². The van der Waals surface area contributed by atoms with E-state index in [-0.39, 0.29) is 29.3 Å². The number of rotatable bonds is 8. The van der Waals surface area contributed by atoms with Crippen LogP contribution in [0.4, 0.5) is 14.5 Å². The number of carbonyl (C=O) groups is 1. The Bertz CT molecular complexity index is 855. The summed E-state index contributed by atoms with van der Waals surface area (Å²) in [5.74, 6) is -0.658. The molecule has 0 saturated heterocycles. The molecule has 0 aliphatic carbocycles. The average Bonchev–Trinajstić information content (AvgIpc) is 2.65. The maximum atomic E-state index is 12.6. The molecule has 0 unspecified atom stereocenters. The molecule has 0 atom stereocenters. The first-order chi connectivity index (χ1) is 12.9. The van der Waals surface area contributed by atoms with E-state index < -0.39 is 17.4 Å². The van der Waals surface area contributed by atoms with Crippen molar-refractivity contribution in [3.8, 4) is 11.5 Å². The van der Waals surface area contributed by atoms with Gasteiger partial charge in [0.1, 0.15) is 0 Å². The number of nitro groups is 1. The number of alkyl halides is 2. The highest BCUT2D eigenvalue weighted by atomic mass is 19.3. The number of carbonyl (C=O) groups excluding carboxylic acids is 1. The fourth-order valence-corrected chi connectivity index (χ4v) is 2.29. The summed E-state index contributed by atoms with van der Waals surface area (Å²) >= 11 is 0. The van der Waals surface area contributed by atoms with E-state index in [0.29, 0.717) is 5.56 Å². The topological polar surface area (TPSA) is 90.7 Å². The van der Waals surface area contributed by atoms with Crippen LogP contribution in [-0.4, -0.2) is 24.6 Å². The molecule has 7 nitrogen and oxygen atoms in total. The summed E-state index contributed by atoms with van der Waals surface area (Å²) < 4.78 is 34.6. The van der Waals surface area contributed by atoms with Gasteiger partial charge in [-0.3, -0.25) is 14.9 Å². The molecule has 0 saturated carbocycles. The zero-order valence-corrected chi connectivity index (χ0v) is 14.2. The molecule has 0 aliphatic heterocycles. The number of nitrogens with zero attached hydrogens (tertiary/aromatic N) is 1. The number of ether oxygens (including phenoxy) is 2. The maximum Gasteiger partial charge on any atom is 0.387 e. The molecule has 9 heteroatoms. The van der Waals surface area contributed by atoms with Crippen LogP contribution in [0.1, 0.15) is 11.1 Å². The largest absolute Gasteiger partial charge is 0.493 e. The first kappa shape index (κ1) is 19.8. The second-order valence-corrected chi connectivity index (χ2v) is 5.19. The molecule has 142 valence electrons. The van der Waals surface area contributed by atoms with E-state index in [9.17, 15) is 23.7 Å². The van der Waals surface area contributed by atoms with E-state index in [1.165, 1.54) is 43.5 Å². The number of halogens is 2. The lowest BCUT2D eigenvalue weighted by Crippen LogP contribution is -2.20. The van der Waals surface area contributed by atoms with Crippen LogP contribution in [0.5, 0.6) is 11.5 Å². The molecule has 2 aromatic carbocycles. The Morgan fingerprint density at radius 1 is 1.26 bits per heavy atom. The standard InChI is InChI=1S/C18H16F2N2O5/c1-26-15-8-4-6-12(17(15)27-18(19)20)9-10-16(23)21-11-13-5-2-3-7-14(13)22(24)25/h2-10,18H,11H2,1H3,(H,21,23). The highest BCUT2D eigenvalue weighted by molar-refractivity contribution is 5.92. The van der Waals surface area contributed by atoms with Crippen molar-refractivity contribution < 1.29 is 28.0 Å². The van der Waals surface area contributed by atoms with Crippen molar-refractivity contribution in [1.82, 2.24) is 5.32 Å². The third-order valence-electron chi connectivity index (χ3n) is 3.49. The van der Waals surface area contributed by atoms with Crippen molar-refractivity contribution in [2.24, 2.45) is 0 Å². The van der Waals surface area contributed by atoms with Crippen LogP contribution in [0.25, 0.3) is 6.08 Å². The molecule has 2 aromatic rings. The Balaban J connectivity index is 2.10. The van der Waals surface area contributed by atoms with E-state index in [0.717, 1.165) is 6.08 Å². The summed E-state index contributed by atoms with van der Waals surface area (Å²) in [7, 11) is 1.31. The lowest BCUT2D eigenvalue weighted by Gasteiger charge is -2.12. The summed E-state index contributed by atoms with van der Waals surface area (Å²) in [6.07, 6.45) is 2.40. The van der Waals surface area contributed by atoms with Crippen molar-refractivity contribution in [2.45, 2.75) is 13.2 Å². The van der Waals surface area contributed by atoms with Gasteiger partial charge in [0.15, 0.2) is 11.5 Å². The summed E-state index contributed by atoms with van der Waals surface area (Å²) in [6.45, 7) is -3.11. The average molecular weight is 378 g/mol. The van der Waals surface area contributed by atoms with Crippen LogP contribution in [-0.2, 0) is 11.3 Å². The fraction of sp³-hybridized carbons (Fsp3) is 0.167. The molecule has 27 heavy (non-hydrogen) atoms. The molecule has 0 bridgehead atoms. The number of amides is 1. The third kappa shape index (κ3) is 5.50. The number of nitrogens with one attached hydrogen (secondary N) is 1. The minimum atomic E-state index is -3.05. The fourth-order valence-electron chi connectivity index (χ4n) is 2.29. The smallest absolute Gasteiger partial charge is 0.387 e. The Hall–Kier alpha value is -3.49. The number of para-hydroxylation sites is 2. The Kier molecular flexibility index (Phi) is 6.81. The van der Waals surface area contributed by atoms with Crippen LogP contribution in [0.3, 0.4) is 0 Å². The molecule has 2 rings (SSSR count). The molecule has 0 fully saturated rings. The minimum Gasteiger partial charge on any atom is -0.493 e. The van der Waals surface area contributed by atoms with Crippen molar-refractivity contribution >= 4 is 17.7 Å². The van der Waals surface area contributed by atoms with E-state index in [1.54, 1.807) is 12.1 Å². The lowest BCUT2D eigenvalue weighted by atomic mass is 10.1. The van der Waals surface area contributed by atoms with Gasteiger partial charge in [0.25, 0.3) is 5.69 Å². The second-order valence-electron chi connectivity index (χ2n) is 5.19. The van der Waals surface area contributed by atoms with Gasteiger partial charge in [-0.1, -0.05) is 30.3 Å². The predicted molar refractivity (Wildman–Crippen MR) is 93.6 cm³/mol. The van der Waals surface area contributed by atoms with Crippen molar-refractivity contribution in [1.29, 1.82) is 0 Å². The summed E-state index contributed by atoms with van der Waals surface area (Å²) in [5, 5.41) is 13.5. The van der Waals surface area contributed by atoms with E-state index in [4.69, 9.17) is 4.74 Å². The molecule has 0 heterocycles. The highest BCUT2D eigenvalue weighted by Crippen LogP contribution is 2.33. The molecular formula is C18H16F2N2O5. The minimum absolute atomic E-state index is 0.0567. The molecule has 0 spiro atoms. The van der Waals surface area contributed by atoms with Gasteiger partial charge >= 0.3 is 6.61 Å². The summed E-state index contributed by atoms with van der Waals surface area (Å²) in [6, 6.07) is 10.5. The number of hydrogen-bond donors (Lipinski definition) is 1. The number of hydrogen-bond acceptors (Lipinski definition) is 5. The monoisotopic (exact) mass is 378 g/mol. The van der Waals surface area contributed by atoms with Gasteiger partial charge in [-0.15, -0.1) is 0 Å². The van der Waals surface area contributed by atoms with E-state index >= 15 is 0 Å². The van der Waals surface area contributed by atoms with Gasteiger partial charge in [-0.25, -0.2) is 0 Å². The zero-order chi connectivity index (χ0) is 19.8. The quantitative estimate of drug-likeness (QED) is 0.431. The number of benzene rings is 2. The Morgan fingerprint density at radius 2 is 2.00 bits per heavy atom. The number of methoxy groups -OCH3 is 1. The van der Waals surface area contributed by atoms with Gasteiger partial charge in [0, 0.05) is 29.8 Å². The van der Waals surface area contributed by atoms with Crippen LogP contribution in [0, 0.1) is 10.1 Å². The van der Waals surface area contributed by atoms with Crippen LogP contribution in [0.15, 0.2) is 48.5 Å². The third-order valence-corrected chi connectivity index (χ3v) is 3.49. The van der Waals surface area contributed by atoms with Crippen molar-refractivity contribution in [3.05, 3.63) is 69.8 Å². The van der Waals surface area contributed by atoms with Gasteiger partial charge in [0.05, 0.1) is 12.0 Å². The zero-order valence-electron chi connectivity index (χ0n) is 14.2. The SMILES string of the molecule is COc1cccc(C=CC(=O)NCc2ccccc2[N+](=O)[O-])c1OC(F)F. The Morgan fingerprint density at radius 3 is 2.67 bits per heavy atom. The van der Waals surface area contributed by atoms with Crippen molar-refractivity contribution in [3.63, 3.8) is 0 Å². The van der Waals surface area contributed by atoms with Gasteiger partial charge in [-0.2, -0.15) is 8.78 Å². The van der Waals surface area contributed by atoms with Crippen LogP contribution in [0.2, 0.25) is 0 Å². The molecule has 1 N–H and O–H groups in total. The lowest BCUT2D eigenvalue weighted by molar-refractivity contribution is -0.385. The van der Waals surface area contributed by atoms with Gasteiger partial charge in [-0.05, 0) is 12.1 Å². The normalized spacial score (nSPS) is 10.8. The molecule has 0 aliphatic rings. The van der Waals surface area contributed by atoms with Gasteiger partial charge in [0.2, 0.25) is 5.91 Å². The predicted octanol–water partition coefficient (Wildman–Crippen LogP) is 3.53. The summed E-state index contributed by atoms with van der Waals surface area (Å²) in [5.41, 5.74) is 0.449. The van der Waals surface area contributed by atoms with Crippen LogP contribution >= 0.6 is 0 Å². The first-order valence-electron chi connectivity index (χ1n) is 7.72. The van der Waals surface area contributed by atoms with Crippen LogP contribution < -0.4 is 14.8 Å². The van der Waals surface area contributed by atoms with Crippen molar-refractivity contribution in [2.75, 3.05) is 7.11 Å². The Labute approximate surface area is 153 Å². The molecule has 0 aromatic heterocycles. The molecule has 1 amide bonds. The maximum absolute atomic E-state index is 12.6. The summed E-state index contributed by atoms with van der Waals surface area (Å²) in [4.78, 5) is 22.4. The van der Waals surface area contributed by atoms with E-state index in [2.05, 4.69) is 10.1 Å². The highest BCUT2D eigenvalue weighted by Gasteiger charge is 2.15. The van der Waals surface area contributed by atoms with E-state index in [1.807, 2.05) is 0 Å². The first-order valence-corrected chi connectivity index (χ1v) is 7.72. The number of nitro benzene ring substituents is 1.